The van der Waals surface area contributed by atoms with Crippen molar-refractivity contribution in [2.75, 3.05) is 26.2 Å². The van der Waals surface area contributed by atoms with Gasteiger partial charge in [0.1, 0.15) is 6.54 Å². The number of hydrogen-bond acceptors (Lipinski definition) is 1. The molecule has 114 valence electrons. The van der Waals surface area contributed by atoms with Gasteiger partial charge in [-0.1, -0.05) is 60.7 Å². The molecule has 3 nitrogen and oxygen atoms in total. The molecule has 1 heterocycles. The molecule has 0 aromatic heterocycles. The Morgan fingerprint density at radius 1 is 0.864 bits per heavy atom. The smallest absolute Gasteiger partial charge is 0.227 e. The van der Waals surface area contributed by atoms with Gasteiger partial charge >= 0.3 is 0 Å². The highest BCUT2D eigenvalue weighted by Gasteiger charge is 2.23. The molecule has 0 aliphatic carbocycles. The van der Waals surface area contributed by atoms with Crippen LogP contribution < -0.4 is 4.90 Å². The largest absolute Gasteiger partial charge is 0.331 e. The molecule has 0 atom stereocenters. The van der Waals surface area contributed by atoms with Crippen molar-refractivity contribution in [2.24, 2.45) is 0 Å². The molecule has 3 rings (SSSR count). The Balaban J connectivity index is 1.48. The highest BCUT2D eigenvalue weighted by Crippen LogP contribution is 2.03. The van der Waals surface area contributed by atoms with Crippen LogP contribution in [0.15, 0.2) is 60.7 Å². The van der Waals surface area contributed by atoms with E-state index in [1.807, 2.05) is 35.2 Å². The summed E-state index contributed by atoms with van der Waals surface area (Å²) < 4.78 is 0. The maximum Gasteiger partial charge on any atom is 0.227 e. The van der Waals surface area contributed by atoms with Crippen molar-refractivity contribution in [3.63, 3.8) is 0 Å². The number of nitrogens with one attached hydrogen (secondary N) is 1. The van der Waals surface area contributed by atoms with E-state index in [1.165, 1.54) is 5.56 Å². The molecule has 1 aliphatic rings. The van der Waals surface area contributed by atoms with Gasteiger partial charge in [-0.05, 0) is 5.56 Å². The zero-order valence-corrected chi connectivity index (χ0v) is 12.9. The van der Waals surface area contributed by atoms with Crippen LogP contribution in [-0.4, -0.2) is 37.0 Å². The van der Waals surface area contributed by atoms with Crippen molar-refractivity contribution in [2.45, 2.75) is 13.0 Å². The molecule has 0 radical (unpaired) electrons. The van der Waals surface area contributed by atoms with Crippen molar-refractivity contribution < 1.29 is 9.69 Å². The van der Waals surface area contributed by atoms with E-state index in [-0.39, 0.29) is 5.91 Å². The Bertz CT molecular complexity index is 589. The predicted octanol–water partition coefficient (Wildman–Crippen LogP) is 1.16. The van der Waals surface area contributed by atoms with Crippen LogP contribution in [0.4, 0.5) is 0 Å². The van der Waals surface area contributed by atoms with E-state index in [1.54, 1.807) is 4.90 Å². The van der Waals surface area contributed by atoms with Crippen LogP contribution in [-0.2, 0) is 17.8 Å². The summed E-state index contributed by atoms with van der Waals surface area (Å²) in [6.07, 6.45) is 0.523. The van der Waals surface area contributed by atoms with Gasteiger partial charge in [-0.15, -0.1) is 0 Å². The lowest BCUT2D eigenvalue weighted by atomic mass is 10.1. The van der Waals surface area contributed by atoms with E-state index >= 15 is 0 Å². The fourth-order valence-corrected chi connectivity index (χ4v) is 3.02. The van der Waals surface area contributed by atoms with Gasteiger partial charge in [0, 0.05) is 5.56 Å². The zero-order chi connectivity index (χ0) is 15.2. The van der Waals surface area contributed by atoms with Crippen molar-refractivity contribution >= 4 is 5.91 Å². The normalized spacial score (nSPS) is 15.7. The standard InChI is InChI=1S/C19H22N2O/c22-19(15-17-7-3-1-4-8-17)21-13-11-20(12-14-21)16-18-9-5-2-6-10-18/h1-10H,11-16H2/p+1. The Morgan fingerprint density at radius 2 is 1.41 bits per heavy atom. The average Bonchev–Trinajstić information content (AvgIpc) is 2.57. The van der Waals surface area contributed by atoms with Crippen molar-refractivity contribution in [1.29, 1.82) is 0 Å². The molecule has 1 saturated heterocycles. The Labute approximate surface area is 132 Å². The number of carbonyl (C=O) groups excluding carboxylic acids is 1. The Kier molecular flexibility index (Phi) is 4.86. The molecular weight excluding hydrogens is 272 g/mol. The highest BCUT2D eigenvalue weighted by atomic mass is 16.2. The third kappa shape index (κ3) is 3.95. The first-order valence-corrected chi connectivity index (χ1v) is 8.00. The number of piperazine rings is 1. The van der Waals surface area contributed by atoms with Crippen molar-refractivity contribution in [3.05, 3.63) is 71.8 Å². The summed E-state index contributed by atoms with van der Waals surface area (Å²) in [7, 11) is 0. The SMILES string of the molecule is O=C(Cc1ccccc1)N1CC[NH+](Cc2ccccc2)CC1. The van der Waals surface area contributed by atoms with Crippen molar-refractivity contribution in [1.82, 2.24) is 4.90 Å². The zero-order valence-electron chi connectivity index (χ0n) is 12.9. The topological polar surface area (TPSA) is 24.8 Å². The minimum Gasteiger partial charge on any atom is -0.331 e. The predicted molar refractivity (Wildman–Crippen MR) is 87.6 cm³/mol. The second-order valence-electron chi connectivity index (χ2n) is 5.96. The molecule has 3 heteroatoms. The van der Waals surface area contributed by atoms with Crippen LogP contribution in [0, 0.1) is 0 Å². The molecular formula is C19H23N2O+. The molecule has 1 fully saturated rings. The second-order valence-corrected chi connectivity index (χ2v) is 5.96. The highest BCUT2D eigenvalue weighted by molar-refractivity contribution is 5.78. The van der Waals surface area contributed by atoms with Gasteiger partial charge in [-0.25, -0.2) is 0 Å². The number of rotatable bonds is 4. The van der Waals surface area contributed by atoms with Gasteiger partial charge < -0.3 is 9.80 Å². The van der Waals surface area contributed by atoms with Gasteiger partial charge in [0.2, 0.25) is 5.91 Å². The van der Waals surface area contributed by atoms with Crippen LogP contribution in [0.25, 0.3) is 0 Å². The average molecular weight is 295 g/mol. The van der Waals surface area contributed by atoms with Crippen LogP contribution in [0.2, 0.25) is 0 Å². The van der Waals surface area contributed by atoms with Gasteiger partial charge in [-0.2, -0.15) is 0 Å². The van der Waals surface area contributed by atoms with Crippen LogP contribution in [0.3, 0.4) is 0 Å². The summed E-state index contributed by atoms with van der Waals surface area (Å²) in [5.41, 5.74) is 2.48. The first-order valence-electron chi connectivity index (χ1n) is 8.00. The van der Waals surface area contributed by atoms with E-state index in [0.717, 1.165) is 38.3 Å². The first kappa shape index (κ1) is 14.8. The van der Waals surface area contributed by atoms with Crippen LogP contribution >= 0.6 is 0 Å². The molecule has 1 amide bonds. The van der Waals surface area contributed by atoms with Crippen molar-refractivity contribution in [3.8, 4) is 0 Å². The third-order valence-corrected chi connectivity index (χ3v) is 4.32. The number of nitrogens with zero attached hydrogens (tertiary/aromatic N) is 1. The molecule has 0 unspecified atom stereocenters. The summed E-state index contributed by atoms with van der Waals surface area (Å²) in [5.74, 6) is 0.255. The maximum atomic E-state index is 12.3. The summed E-state index contributed by atoms with van der Waals surface area (Å²) >= 11 is 0. The van der Waals surface area contributed by atoms with Gasteiger partial charge in [0.25, 0.3) is 0 Å². The molecule has 0 bridgehead atoms. The molecule has 22 heavy (non-hydrogen) atoms. The molecule has 1 aliphatic heterocycles. The fraction of sp³-hybridized carbons (Fsp3) is 0.316. The summed E-state index contributed by atoms with van der Waals surface area (Å²) in [6.45, 7) is 4.87. The molecule has 0 saturated carbocycles. The third-order valence-electron chi connectivity index (χ3n) is 4.32. The number of amides is 1. The van der Waals surface area contributed by atoms with E-state index in [4.69, 9.17) is 0 Å². The van der Waals surface area contributed by atoms with E-state index in [2.05, 4.69) is 30.3 Å². The van der Waals surface area contributed by atoms with E-state index in [0.29, 0.717) is 6.42 Å². The second kappa shape index (κ2) is 7.23. The minimum absolute atomic E-state index is 0.255. The molecule has 0 spiro atoms. The summed E-state index contributed by atoms with van der Waals surface area (Å²) in [5, 5.41) is 0. The van der Waals surface area contributed by atoms with Gasteiger partial charge in [-0.3, -0.25) is 4.79 Å². The monoisotopic (exact) mass is 295 g/mol. The minimum atomic E-state index is 0.255. The quantitative estimate of drug-likeness (QED) is 0.899. The maximum absolute atomic E-state index is 12.3. The van der Waals surface area contributed by atoms with Crippen LogP contribution in [0.5, 0.6) is 0 Å². The Hall–Kier alpha value is -2.13. The number of quaternary nitrogens is 1. The lowest BCUT2D eigenvalue weighted by Crippen LogP contribution is -3.13. The fourth-order valence-electron chi connectivity index (χ4n) is 3.02. The van der Waals surface area contributed by atoms with Gasteiger partial charge in [0.15, 0.2) is 0 Å². The molecule has 2 aromatic carbocycles. The number of hydrogen-bond donors (Lipinski definition) is 1. The molecule has 1 N–H and O–H groups in total. The number of benzene rings is 2. The first-order chi connectivity index (χ1) is 10.8. The molecule has 2 aromatic rings. The lowest BCUT2D eigenvalue weighted by molar-refractivity contribution is -0.917. The number of carbonyl (C=O) groups is 1. The summed E-state index contributed by atoms with van der Waals surface area (Å²) in [6, 6.07) is 20.6. The lowest BCUT2D eigenvalue weighted by Gasteiger charge is -2.32. The van der Waals surface area contributed by atoms with E-state index in [9.17, 15) is 4.79 Å². The Morgan fingerprint density at radius 3 is 2.00 bits per heavy atom. The van der Waals surface area contributed by atoms with Crippen LogP contribution in [0.1, 0.15) is 11.1 Å². The van der Waals surface area contributed by atoms with Gasteiger partial charge in [0.05, 0.1) is 32.6 Å². The summed E-state index contributed by atoms with van der Waals surface area (Å²) in [4.78, 5) is 15.9. The van der Waals surface area contributed by atoms with E-state index < -0.39 is 0 Å².